The van der Waals surface area contributed by atoms with Gasteiger partial charge in [0.05, 0.1) is 10.6 Å². The standard InChI is InChI=1S/C17H19N5OS2/c1-10(2)13(15(23)20-9-11-4-3-6-19-8-11)25-17-21-14(18)12-5-7-24-16(12)22-17/h3-8,10,13H,9H2,1-2H3,(H,20,23)(H2,18,21,22)/t13-/m1/s1. The number of fused-ring (bicyclic) bond motifs is 1. The van der Waals surface area contributed by atoms with Crippen molar-refractivity contribution in [2.24, 2.45) is 5.92 Å². The Morgan fingerprint density at radius 1 is 1.36 bits per heavy atom. The summed E-state index contributed by atoms with van der Waals surface area (Å²) in [5.41, 5.74) is 6.96. The molecule has 3 N–H and O–H groups in total. The summed E-state index contributed by atoms with van der Waals surface area (Å²) in [5, 5.41) is 5.99. The summed E-state index contributed by atoms with van der Waals surface area (Å²) in [6.07, 6.45) is 3.45. The zero-order chi connectivity index (χ0) is 17.8. The SMILES string of the molecule is CC(C)[C@@H](Sc1nc(N)c2ccsc2n1)C(=O)NCc1cccnc1. The van der Waals surface area contributed by atoms with Crippen molar-refractivity contribution >= 4 is 45.0 Å². The molecule has 8 heteroatoms. The number of hydrogen-bond acceptors (Lipinski definition) is 7. The summed E-state index contributed by atoms with van der Waals surface area (Å²) < 4.78 is 0. The van der Waals surface area contributed by atoms with Gasteiger partial charge in [-0.3, -0.25) is 9.78 Å². The smallest absolute Gasteiger partial charge is 0.234 e. The Bertz CT molecular complexity index is 866. The Hall–Kier alpha value is -2.19. The molecule has 1 atom stereocenters. The van der Waals surface area contributed by atoms with E-state index in [0.717, 1.165) is 15.8 Å². The van der Waals surface area contributed by atoms with Crippen molar-refractivity contribution < 1.29 is 4.79 Å². The molecule has 0 aliphatic carbocycles. The number of carbonyl (C=O) groups is 1. The second kappa shape index (κ2) is 7.79. The molecule has 3 rings (SSSR count). The molecule has 0 fully saturated rings. The number of anilines is 1. The molecule has 3 aromatic heterocycles. The molecule has 0 bridgehead atoms. The molecule has 0 saturated carbocycles. The van der Waals surface area contributed by atoms with E-state index >= 15 is 0 Å². The Balaban J connectivity index is 1.72. The lowest BCUT2D eigenvalue weighted by molar-refractivity contribution is -0.121. The summed E-state index contributed by atoms with van der Waals surface area (Å²) in [6.45, 7) is 4.46. The molecule has 3 aromatic rings. The molecule has 0 unspecified atom stereocenters. The molecule has 6 nitrogen and oxygen atoms in total. The van der Waals surface area contributed by atoms with Gasteiger partial charge in [-0.25, -0.2) is 9.97 Å². The zero-order valence-electron chi connectivity index (χ0n) is 14.0. The van der Waals surface area contributed by atoms with Crippen molar-refractivity contribution in [2.45, 2.75) is 30.8 Å². The van der Waals surface area contributed by atoms with Crippen molar-refractivity contribution in [3.63, 3.8) is 0 Å². The van der Waals surface area contributed by atoms with Gasteiger partial charge in [-0.2, -0.15) is 0 Å². The van der Waals surface area contributed by atoms with Gasteiger partial charge >= 0.3 is 0 Å². The minimum atomic E-state index is -0.298. The van der Waals surface area contributed by atoms with Gasteiger partial charge in [-0.1, -0.05) is 31.7 Å². The maximum absolute atomic E-state index is 12.6. The molecular formula is C17H19N5OS2. The van der Waals surface area contributed by atoms with Crippen LogP contribution >= 0.6 is 23.1 Å². The third-order valence-electron chi connectivity index (χ3n) is 3.62. The van der Waals surface area contributed by atoms with Gasteiger partial charge in [0, 0.05) is 18.9 Å². The molecule has 0 radical (unpaired) electrons. The van der Waals surface area contributed by atoms with Crippen LogP contribution in [0.25, 0.3) is 10.2 Å². The zero-order valence-corrected chi connectivity index (χ0v) is 15.6. The lowest BCUT2D eigenvalue weighted by atomic mass is 10.1. The third-order valence-corrected chi connectivity index (χ3v) is 5.83. The highest BCUT2D eigenvalue weighted by Crippen LogP contribution is 2.30. The summed E-state index contributed by atoms with van der Waals surface area (Å²) >= 11 is 2.86. The van der Waals surface area contributed by atoms with Crippen LogP contribution in [0.4, 0.5) is 5.82 Å². The second-order valence-corrected chi connectivity index (χ2v) is 7.90. The molecule has 25 heavy (non-hydrogen) atoms. The predicted octanol–water partition coefficient (Wildman–Crippen LogP) is 3.10. The number of hydrogen-bond donors (Lipinski definition) is 2. The van der Waals surface area contributed by atoms with Crippen LogP contribution in [0, 0.1) is 5.92 Å². The van der Waals surface area contributed by atoms with E-state index < -0.39 is 0 Å². The quantitative estimate of drug-likeness (QED) is 0.509. The van der Waals surface area contributed by atoms with Crippen LogP contribution in [0.3, 0.4) is 0 Å². The largest absolute Gasteiger partial charge is 0.383 e. The van der Waals surface area contributed by atoms with Crippen LogP contribution in [0.5, 0.6) is 0 Å². The number of pyridine rings is 1. The van der Waals surface area contributed by atoms with Crippen molar-refractivity contribution in [2.75, 3.05) is 5.73 Å². The third kappa shape index (κ3) is 4.26. The van der Waals surface area contributed by atoms with Crippen molar-refractivity contribution in [1.82, 2.24) is 20.3 Å². The number of thiophene rings is 1. The fraction of sp³-hybridized carbons (Fsp3) is 0.294. The first-order valence-electron chi connectivity index (χ1n) is 7.88. The molecule has 0 spiro atoms. The van der Waals surface area contributed by atoms with E-state index in [9.17, 15) is 4.79 Å². The van der Waals surface area contributed by atoms with Gasteiger partial charge in [0.15, 0.2) is 5.16 Å². The molecule has 3 heterocycles. The van der Waals surface area contributed by atoms with E-state index in [2.05, 4.69) is 20.3 Å². The number of aromatic nitrogens is 3. The van der Waals surface area contributed by atoms with E-state index in [0.29, 0.717) is 17.5 Å². The number of nitrogens with zero attached hydrogens (tertiary/aromatic N) is 3. The Kier molecular flexibility index (Phi) is 5.50. The minimum Gasteiger partial charge on any atom is -0.383 e. The summed E-state index contributed by atoms with van der Waals surface area (Å²) in [7, 11) is 0. The maximum atomic E-state index is 12.6. The normalized spacial score (nSPS) is 12.4. The minimum absolute atomic E-state index is 0.0442. The molecule has 130 valence electrons. The Labute approximate surface area is 154 Å². The number of carbonyl (C=O) groups excluding carboxylic acids is 1. The number of amides is 1. The maximum Gasteiger partial charge on any atom is 0.234 e. The number of nitrogens with two attached hydrogens (primary N) is 1. The topological polar surface area (TPSA) is 93.8 Å². The average molecular weight is 374 g/mol. The highest BCUT2D eigenvalue weighted by atomic mass is 32.2. The summed E-state index contributed by atoms with van der Waals surface area (Å²) in [6, 6.07) is 5.69. The Morgan fingerprint density at radius 3 is 2.92 bits per heavy atom. The van der Waals surface area contributed by atoms with Gasteiger partial charge in [0.25, 0.3) is 0 Å². The lowest BCUT2D eigenvalue weighted by Gasteiger charge is -2.19. The van der Waals surface area contributed by atoms with Crippen LogP contribution in [-0.2, 0) is 11.3 Å². The van der Waals surface area contributed by atoms with Gasteiger partial charge < -0.3 is 11.1 Å². The van der Waals surface area contributed by atoms with Crippen LogP contribution in [0.2, 0.25) is 0 Å². The van der Waals surface area contributed by atoms with E-state index in [-0.39, 0.29) is 17.1 Å². The second-order valence-electron chi connectivity index (χ2n) is 5.89. The van der Waals surface area contributed by atoms with Gasteiger partial charge in [0.2, 0.25) is 5.91 Å². The van der Waals surface area contributed by atoms with Crippen molar-refractivity contribution in [3.05, 3.63) is 41.5 Å². The van der Waals surface area contributed by atoms with E-state index in [1.54, 1.807) is 12.4 Å². The van der Waals surface area contributed by atoms with Crippen LogP contribution < -0.4 is 11.1 Å². The fourth-order valence-corrected chi connectivity index (χ4v) is 4.12. The first-order valence-corrected chi connectivity index (χ1v) is 9.64. The van der Waals surface area contributed by atoms with Crippen molar-refractivity contribution in [3.8, 4) is 0 Å². The lowest BCUT2D eigenvalue weighted by Crippen LogP contribution is -2.35. The number of rotatable bonds is 6. The van der Waals surface area contributed by atoms with Crippen LogP contribution in [0.15, 0.2) is 41.1 Å². The predicted molar refractivity (Wildman–Crippen MR) is 102 cm³/mol. The molecular weight excluding hydrogens is 354 g/mol. The van der Waals surface area contributed by atoms with Gasteiger partial charge in [-0.15, -0.1) is 11.3 Å². The highest BCUT2D eigenvalue weighted by Gasteiger charge is 2.25. The monoisotopic (exact) mass is 373 g/mol. The molecule has 0 aliphatic heterocycles. The number of thioether (sulfide) groups is 1. The van der Waals surface area contributed by atoms with Gasteiger partial charge in [-0.05, 0) is 29.0 Å². The first-order chi connectivity index (χ1) is 12.0. The van der Waals surface area contributed by atoms with E-state index in [1.165, 1.54) is 23.1 Å². The van der Waals surface area contributed by atoms with Crippen LogP contribution in [0.1, 0.15) is 19.4 Å². The summed E-state index contributed by atoms with van der Waals surface area (Å²) in [4.78, 5) is 26.4. The highest BCUT2D eigenvalue weighted by molar-refractivity contribution is 8.00. The fourth-order valence-electron chi connectivity index (χ4n) is 2.31. The molecule has 0 saturated heterocycles. The van der Waals surface area contributed by atoms with E-state index in [1.807, 2.05) is 37.4 Å². The average Bonchev–Trinajstić information content (AvgIpc) is 3.07. The molecule has 0 aliphatic rings. The summed E-state index contributed by atoms with van der Waals surface area (Å²) in [5.74, 6) is 0.534. The van der Waals surface area contributed by atoms with Gasteiger partial charge in [0.1, 0.15) is 10.6 Å². The molecule has 1 amide bonds. The molecule has 0 aromatic carbocycles. The van der Waals surface area contributed by atoms with E-state index in [4.69, 9.17) is 5.73 Å². The Morgan fingerprint density at radius 2 is 2.20 bits per heavy atom. The number of nitrogen functional groups attached to an aromatic ring is 1. The number of nitrogens with one attached hydrogen (secondary N) is 1. The first kappa shape index (κ1) is 17.6. The van der Waals surface area contributed by atoms with Crippen LogP contribution in [-0.4, -0.2) is 26.1 Å². The van der Waals surface area contributed by atoms with Crippen molar-refractivity contribution in [1.29, 1.82) is 0 Å².